The van der Waals surface area contributed by atoms with Crippen molar-refractivity contribution in [3.8, 4) is 0 Å². The predicted octanol–water partition coefficient (Wildman–Crippen LogP) is 2.33. The number of anilines is 2. The number of nitrogen functional groups attached to an aromatic ring is 1. The average molecular weight is 340 g/mol. The summed E-state index contributed by atoms with van der Waals surface area (Å²) >= 11 is 1.62. The van der Waals surface area contributed by atoms with Gasteiger partial charge >= 0.3 is 0 Å². The van der Waals surface area contributed by atoms with Gasteiger partial charge < -0.3 is 11.1 Å². The van der Waals surface area contributed by atoms with Crippen LogP contribution in [0.3, 0.4) is 0 Å². The molecule has 2 aromatic rings. The molecule has 0 spiro atoms. The van der Waals surface area contributed by atoms with Crippen LogP contribution >= 0.6 is 11.3 Å². The highest BCUT2D eigenvalue weighted by Crippen LogP contribution is 2.27. The topological polar surface area (TPSA) is 71.2 Å². The smallest absolute Gasteiger partial charge is 0.228 e. The van der Waals surface area contributed by atoms with Gasteiger partial charge in [-0.15, -0.1) is 11.3 Å². The minimum Gasteiger partial charge on any atom is -0.375 e. The fourth-order valence-corrected chi connectivity index (χ4v) is 4.24. The molecule has 0 unspecified atom stereocenters. The molecule has 0 atom stereocenters. The Kier molecular flexibility index (Phi) is 4.08. The molecular weight excluding hydrogens is 320 g/mol. The lowest BCUT2D eigenvalue weighted by Crippen LogP contribution is -2.26. The van der Waals surface area contributed by atoms with E-state index in [-0.39, 0.29) is 5.91 Å². The molecule has 3 heterocycles. The van der Waals surface area contributed by atoms with Crippen LogP contribution in [0.5, 0.6) is 0 Å². The highest BCUT2D eigenvalue weighted by molar-refractivity contribution is 7.15. The maximum Gasteiger partial charge on any atom is 0.228 e. The van der Waals surface area contributed by atoms with Gasteiger partial charge in [0.25, 0.3) is 0 Å². The van der Waals surface area contributed by atoms with Gasteiger partial charge in [0.2, 0.25) is 5.91 Å². The van der Waals surface area contributed by atoms with Crippen LogP contribution in [-0.2, 0) is 24.1 Å². The molecule has 2 aliphatic heterocycles. The molecule has 1 aromatic heterocycles. The molecule has 0 fully saturated rings. The number of amides is 1. The number of nitrogens with zero attached hydrogens (tertiary/aromatic N) is 2. The number of fused-ring (bicyclic) bond motifs is 2. The van der Waals surface area contributed by atoms with Crippen LogP contribution in [0.2, 0.25) is 0 Å². The van der Waals surface area contributed by atoms with Crippen molar-refractivity contribution in [1.29, 1.82) is 0 Å². The molecular formula is C18H20N4OS. The number of benzene rings is 1. The van der Waals surface area contributed by atoms with E-state index in [0.29, 0.717) is 11.6 Å². The maximum absolute atomic E-state index is 11.6. The Morgan fingerprint density at radius 3 is 3.12 bits per heavy atom. The summed E-state index contributed by atoms with van der Waals surface area (Å²) in [6.07, 6.45) is 6.80. The summed E-state index contributed by atoms with van der Waals surface area (Å²) in [4.78, 5) is 19.8. The van der Waals surface area contributed by atoms with Gasteiger partial charge in [0, 0.05) is 36.6 Å². The van der Waals surface area contributed by atoms with Gasteiger partial charge in [0.05, 0.1) is 12.1 Å². The molecule has 1 amide bonds. The molecule has 2 aliphatic rings. The lowest BCUT2D eigenvalue weighted by molar-refractivity contribution is -0.115. The summed E-state index contributed by atoms with van der Waals surface area (Å²) in [5, 5.41) is 3.59. The van der Waals surface area contributed by atoms with E-state index in [2.05, 4.69) is 33.4 Å². The van der Waals surface area contributed by atoms with Crippen LogP contribution < -0.4 is 11.1 Å². The van der Waals surface area contributed by atoms with Crippen molar-refractivity contribution in [2.24, 2.45) is 0 Å². The van der Waals surface area contributed by atoms with Crippen molar-refractivity contribution >= 4 is 34.1 Å². The second kappa shape index (κ2) is 6.37. The second-order valence-corrected chi connectivity index (χ2v) is 7.34. The Labute approximate surface area is 145 Å². The molecule has 0 aliphatic carbocycles. The van der Waals surface area contributed by atoms with E-state index in [4.69, 9.17) is 5.73 Å². The fourth-order valence-electron chi connectivity index (χ4n) is 3.37. The molecule has 6 heteroatoms. The number of aromatic nitrogens is 1. The molecule has 0 radical (unpaired) electrons. The van der Waals surface area contributed by atoms with Crippen molar-refractivity contribution in [3.05, 3.63) is 46.0 Å². The minimum atomic E-state index is 0.0799. The minimum absolute atomic E-state index is 0.0799. The standard InChI is InChI=1S/C18H20N4OS/c19-18-21-15-6-9-22(10-7-16(15)24-18)8-2-4-12-3-1-5-14-13(12)11-17(23)20-14/h1-5H,6-11H2,(H2,19,21)(H,20,23)/b4-2-. The molecule has 124 valence electrons. The summed E-state index contributed by atoms with van der Waals surface area (Å²) in [5.41, 5.74) is 10.2. The zero-order chi connectivity index (χ0) is 16.5. The van der Waals surface area contributed by atoms with Crippen LogP contribution in [0, 0.1) is 0 Å². The van der Waals surface area contributed by atoms with E-state index in [1.807, 2.05) is 12.1 Å². The average Bonchev–Trinajstić information content (AvgIpc) is 3.06. The van der Waals surface area contributed by atoms with E-state index >= 15 is 0 Å². The summed E-state index contributed by atoms with van der Waals surface area (Å²) < 4.78 is 0. The highest BCUT2D eigenvalue weighted by atomic mass is 32.1. The van der Waals surface area contributed by atoms with Crippen molar-refractivity contribution in [2.75, 3.05) is 30.7 Å². The summed E-state index contributed by atoms with van der Waals surface area (Å²) in [6, 6.07) is 6.02. The van der Waals surface area contributed by atoms with Gasteiger partial charge in [-0.05, 0) is 23.6 Å². The Balaban J connectivity index is 1.40. The predicted molar refractivity (Wildman–Crippen MR) is 98.2 cm³/mol. The van der Waals surface area contributed by atoms with Crippen molar-refractivity contribution in [2.45, 2.75) is 19.3 Å². The zero-order valence-corrected chi connectivity index (χ0v) is 14.2. The van der Waals surface area contributed by atoms with Crippen LogP contribution in [0.25, 0.3) is 6.08 Å². The van der Waals surface area contributed by atoms with Gasteiger partial charge in [-0.2, -0.15) is 0 Å². The SMILES string of the molecule is Nc1nc2c(s1)CCN(C/C=C\c1cccc3c1CC(=O)N3)CC2. The molecule has 0 bridgehead atoms. The second-order valence-electron chi connectivity index (χ2n) is 6.22. The van der Waals surface area contributed by atoms with Gasteiger partial charge in [-0.25, -0.2) is 4.98 Å². The van der Waals surface area contributed by atoms with E-state index in [0.717, 1.165) is 49.3 Å². The van der Waals surface area contributed by atoms with Gasteiger partial charge in [0.1, 0.15) is 0 Å². The quantitative estimate of drug-likeness (QED) is 0.900. The van der Waals surface area contributed by atoms with E-state index in [1.165, 1.54) is 10.6 Å². The Hall–Kier alpha value is -2.18. The van der Waals surface area contributed by atoms with E-state index in [1.54, 1.807) is 11.3 Å². The number of nitrogens with two attached hydrogens (primary N) is 1. The maximum atomic E-state index is 11.6. The van der Waals surface area contributed by atoms with Gasteiger partial charge in [-0.3, -0.25) is 9.69 Å². The molecule has 4 rings (SSSR count). The number of hydrogen-bond acceptors (Lipinski definition) is 5. The molecule has 3 N–H and O–H groups in total. The number of nitrogens with one attached hydrogen (secondary N) is 1. The normalized spacial score (nSPS) is 17.6. The highest BCUT2D eigenvalue weighted by Gasteiger charge is 2.19. The Bertz CT molecular complexity index is 786. The lowest BCUT2D eigenvalue weighted by Gasteiger charge is -2.17. The third-order valence-corrected chi connectivity index (χ3v) is 5.59. The van der Waals surface area contributed by atoms with E-state index in [9.17, 15) is 4.79 Å². The van der Waals surface area contributed by atoms with Crippen LogP contribution in [0.1, 0.15) is 21.7 Å². The molecule has 1 aromatic carbocycles. The molecule has 24 heavy (non-hydrogen) atoms. The van der Waals surface area contributed by atoms with E-state index < -0.39 is 0 Å². The largest absolute Gasteiger partial charge is 0.375 e. The first kappa shape index (κ1) is 15.4. The van der Waals surface area contributed by atoms with Crippen molar-refractivity contribution in [3.63, 3.8) is 0 Å². The summed E-state index contributed by atoms with van der Waals surface area (Å²) in [6.45, 7) is 2.95. The lowest BCUT2D eigenvalue weighted by atomic mass is 10.0. The van der Waals surface area contributed by atoms with Crippen molar-refractivity contribution in [1.82, 2.24) is 9.88 Å². The molecule has 0 saturated heterocycles. The van der Waals surface area contributed by atoms with Crippen LogP contribution in [0.15, 0.2) is 24.3 Å². The molecule has 5 nitrogen and oxygen atoms in total. The van der Waals surface area contributed by atoms with Gasteiger partial charge in [0.15, 0.2) is 5.13 Å². The zero-order valence-electron chi connectivity index (χ0n) is 13.4. The fraction of sp³-hybridized carbons (Fsp3) is 0.333. The first-order chi connectivity index (χ1) is 11.7. The Morgan fingerprint density at radius 1 is 1.33 bits per heavy atom. The Morgan fingerprint density at radius 2 is 2.21 bits per heavy atom. The third kappa shape index (κ3) is 3.07. The number of thiazole rings is 1. The van der Waals surface area contributed by atoms with Crippen LogP contribution in [0.4, 0.5) is 10.8 Å². The first-order valence-electron chi connectivity index (χ1n) is 8.24. The third-order valence-electron chi connectivity index (χ3n) is 4.60. The van der Waals surface area contributed by atoms with Gasteiger partial charge in [-0.1, -0.05) is 24.3 Å². The summed E-state index contributed by atoms with van der Waals surface area (Å²) in [5.74, 6) is 0.0799. The number of hydrogen-bond donors (Lipinski definition) is 2. The van der Waals surface area contributed by atoms with Crippen LogP contribution in [-0.4, -0.2) is 35.4 Å². The molecule has 0 saturated carbocycles. The monoisotopic (exact) mass is 340 g/mol. The van der Waals surface area contributed by atoms with Crippen molar-refractivity contribution < 1.29 is 4.79 Å². The first-order valence-corrected chi connectivity index (χ1v) is 9.05. The number of carbonyl (C=O) groups excluding carboxylic acids is 1. The summed E-state index contributed by atoms with van der Waals surface area (Å²) in [7, 11) is 0. The number of carbonyl (C=O) groups is 1. The number of rotatable bonds is 3.